The Morgan fingerprint density at radius 3 is 3.00 bits per heavy atom. The smallest absolute Gasteiger partial charge is 0.354 e. The van der Waals surface area contributed by atoms with Crippen LogP contribution in [0, 0.1) is 0 Å². The van der Waals surface area contributed by atoms with Crippen molar-refractivity contribution in [3.05, 3.63) is 47.8 Å². The van der Waals surface area contributed by atoms with Crippen LogP contribution in [0.3, 0.4) is 0 Å². The van der Waals surface area contributed by atoms with E-state index in [0.717, 1.165) is 11.3 Å². The Kier molecular flexibility index (Phi) is 3.20. The number of hydrogen-bond acceptors (Lipinski definition) is 5. The lowest BCUT2D eigenvalue weighted by atomic mass is 10.2. The number of nitrogens with zero attached hydrogens (tertiary/aromatic N) is 3. The number of rotatable bonds is 2. The van der Waals surface area contributed by atoms with Gasteiger partial charge in [-0.25, -0.2) is 14.8 Å². The van der Waals surface area contributed by atoms with Crippen LogP contribution in [0.25, 0.3) is 0 Å². The van der Waals surface area contributed by atoms with Crippen molar-refractivity contribution in [3.63, 3.8) is 0 Å². The molecule has 1 aromatic heterocycles. The molecule has 1 aliphatic heterocycles. The molecule has 0 radical (unpaired) electrons. The van der Waals surface area contributed by atoms with E-state index in [1.807, 2.05) is 29.2 Å². The molecule has 0 atom stereocenters. The second-order valence-corrected chi connectivity index (χ2v) is 4.42. The molecule has 2 aromatic rings. The summed E-state index contributed by atoms with van der Waals surface area (Å²) in [5.74, 6) is 0.203. The molecular weight excluding hydrogens is 258 g/mol. The first kappa shape index (κ1) is 12.4. The summed E-state index contributed by atoms with van der Waals surface area (Å²) in [7, 11) is 0. The number of carbonyl (C=O) groups is 1. The van der Waals surface area contributed by atoms with Gasteiger partial charge in [0, 0.05) is 18.3 Å². The van der Waals surface area contributed by atoms with E-state index in [1.165, 1.54) is 12.3 Å². The molecule has 6 heteroatoms. The van der Waals surface area contributed by atoms with E-state index in [1.54, 1.807) is 0 Å². The maximum Gasteiger partial charge on any atom is 0.354 e. The minimum absolute atomic E-state index is 0.00606. The number of para-hydroxylation sites is 1. The Hall–Kier alpha value is -2.63. The van der Waals surface area contributed by atoms with Crippen molar-refractivity contribution in [1.29, 1.82) is 0 Å². The summed E-state index contributed by atoms with van der Waals surface area (Å²) in [5.41, 5.74) is 1.03. The number of carboxylic acids is 1. The molecule has 1 N–H and O–H groups in total. The van der Waals surface area contributed by atoms with E-state index in [4.69, 9.17) is 9.84 Å². The predicted octanol–water partition coefficient (Wildman–Crippen LogP) is 1.57. The fourth-order valence-electron chi connectivity index (χ4n) is 2.12. The van der Waals surface area contributed by atoms with Crippen LogP contribution < -0.4 is 9.64 Å². The minimum atomic E-state index is -1.06. The molecule has 0 amide bonds. The lowest BCUT2D eigenvalue weighted by Gasteiger charge is -2.19. The molecule has 6 nitrogen and oxygen atoms in total. The van der Waals surface area contributed by atoms with Crippen LogP contribution in [0.2, 0.25) is 0 Å². The lowest BCUT2D eigenvalue weighted by Crippen LogP contribution is -2.27. The van der Waals surface area contributed by atoms with Crippen LogP contribution in [-0.4, -0.2) is 34.2 Å². The highest BCUT2D eigenvalue weighted by Crippen LogP contribution is 2.24. The molecule has 3 rings (SSSR count). The molecule has 0 unspecified atom stereocenters. The Labute approximate surface area is 115 Å². The van der Waals surface area contributed by atoms with E-state index in [-0.39, 0.29) is 5.69 Å². The second-order valence-electron chi connectivity index (χ2n) is 4.42. The maximum atomic E-state index is 11.0. The second kappa shape index (κ2) is 5.16. The SMILES string of the molecule is O=C(O)c1ccnc(N2CCOc3ccccc3C2)n1. The Balaban J connectivity index is 1.91. The van der Waals surface area contributed by atoms with Gasteiger partial charge in [0.25, 0.3) is 0 Å². The summed E-state index contributed by atoms with van der Waals surface area (Å²) in [6, 6.07) is 9.16. The van der Waals surface area contributed by atoms with Gasteiger partial charge in [0.2, 0.25) is 5.95 Å². The minimum Gasteiger partial charge on any atom is -0.491 e. The van der Waals surface area contributed by atoms with Gasteiger partial charge < -0.3 is 14.7 Å². The van der Waals surface area contributed by atoms with Crippen molar-refractivity contribution in [1.82, 2.24) is 9.97 Å². The topological polar surface area (TPSA) is 75.5 Å². The van der Waals surface area contributed by atoms with E-state index in [2.05, 4.69) is 9.97 Å². The van der Waals surface area contributed by atoms with Crippen molar-refractivity contribution in [3.8, 4) is 5.75 Å². The van der Waals surface area contributed by atoms with Gasteiger partial charge in [-0.1, -0.05) is 18.2 Å². The van der Waals surface area contributed by atoms with Crippen molar-refractivity contribution in [2.75, 3.05) is 18.1 Å². The van der Waals surface area contributed by atoms with Crippen LogP contribution in [0.4, 0.5) is 5.95 Å². The van der Waals surface area contributed by atoms with Crippen LogP contribution in [0.15, 0.2) is 36.5 Å². The van der Waals surface area contributed by atoms with Gasteiger partial charge in [0.05, 0.1) is 6.54 Å². The highest BCUT2D eigenvalue weighted by molar-refractivity contribution is 5.85. The van der Waals surface area contributed by atoms with Gasteiger partial charge >= 0.3 is 5.97 Å². The summed E-state index contributed by atoms with van der Waals surface area (Å²) < 4.78 is 5.66. The summed E-state index contributed by atoms with van der Waals surface area (Å²) in [4.78, 5) is 21.1. The number of carboxylic acid groups (broad SMARTS) is 1. The van der Waals surface area contributed by atoms with Gasteiger partial charge in [-0.05, 0) is 12.1 Å². The first-order valence-corrected chi connectivity index (χ1v) is 6.26. The average Bonchev–Trinajstić information content (AvgIpc) is 2.69. The maximum absolute atomic E-state index is 11.0. The zero-order chi connectivity index (χ0) is 13.9. The van der Waals surface area contributed by atoms with Crippen LogP contribution in [-0.2, 0) is 6.54 Å². The molecule has 0 aliphatic carbocycles. The van der Waals surface area contributed by atoms with Crippen molar-refractivity contribution in [2.45, 2.75) is 6.54 Å². The molecule has 0 saturated carbocycles. The van der Waals surface area contributed by atoms with Gasteiger partial charge in [0.15, 0.2) is 5.69 Å². The molecule has 1 aliphatic rings. The molecule has 1 aromatic carbocycles. The fourth-order valence-corrected chi connectivity index (χ4v) is 2.12. The van der Waals surface area contributed by atoms with Crippen LogP contribution in [0.1, 0.15) is 16.1 Å². The third-order valence-corrected chi connectivity index (χ3v) is 3.10. The molecule has 0 fully saturated rings. The quantitative estimate of drug-likeness (QED) is 0.893. The van der Waals surface area contributed by atoms with Crippen molar-refractivity contribution in [2.24, 2.45) is 0 Å². The average molecular weight is 271 g/mol. The summed E-state index contributed by atoms with van der Waals surface area (Å²) >= 11 is 0. The van der Waals surface area contributed by atoms with Gasteiger partial charge in [-0.2, -0.15) is 0 Å². The standard InChI is InChI=1S/C14H13N3O3/c18-13(19)11-5-6-15-14(16-11)17-7-8-20-12-4-2-1-3-10(12)9-17/h1-6H,7-9H2,(H,18,19). The normalized spacial score (nSPS) is 14.1. The van der Waals surface area contributed by atoms with Gasteiger partial charge in [-0.3, -0.25) is 0 Å². The molecule has 2 heterocycles. The van der Waals surface area contributed by atoms with E-state index in [0.29, 0.717) is 25.6 Å². The van der Waals surface area contributed by atoms with Crippen molar-refractivity contribution >= 4 is 11.9 Å². The summed E-state index contributed by atoms with van der Waals surface area (Å²) in [5, 5.41) is 8.99. The Bertz CT molecular complexity index is 645. The highest BCUT2D eigenvalue weighted by atomic mass is 16.5. The van der Waals surface area contributed by atoms with E-state index < -0.39 is 5.97 Å². The number of aromatic nitrogens is 2. The number of hydrogen-bond donors (Lipinski definition) is 1. The van der Waals surface area contributed by atoms with E-state index in [9.17, 15) is 4.79 Å². The molecule has 0 spiro atoms. The molecule has 0 saturated heterocycles. The van der Waals surface area contributed by atoms with Gasteiger partial charge in [-0.15, -0.1) is 0 Å². The van der Waals surface area contributed by atoms with Gasteiger partial charge in [0.1, 0.15) is 12.4 Å². The first-order chi connectivity index (χ1) is 9.74. The third kappa shape index (κ3) is 2.40. The summed E-state index contributed by atoms with van der Waals surface area (Å²) in [6.07, 6.45) is 1.46. The van der Waals surface area contributed by atoms with Crippen LogP contribution >= 0.6 is 0 Å². The van der Waals surface area contributed by atoms with E-state index >= 15 is 0 Å². The molecule has 102 valence electrons. The third-order valence-electron chi connectivity index (χ3n) is 3.10. The highest BCUT2D eigenvalue weighted by Gasteiger charge is 2.18. The number of ether oxygens (including phenoxy) is 1. The zero-order valence-electron chi connectivity index (χ0n) is 10.7. The predicted molar refractivity (Wildman–Crippen MR) is 72.0 cm³/mol. The largest absolute Gasteiger partial charge is 0.491 e. The monoisotopic (exact) mass is 271 g/mol. The molecular formula is C14H13N3O3. The van der Waals surface area contributed by atoms with Crippen LogP contribution in [0.5, 0.6) is 5.75 Å². The fraction of sp³-hybridized carbons (Fsp3) is 0.214. The number of benzene rings is 1. The van der Waals surface area contributed by atoms with Crippen molar-refractivity contribution < 1.29 is 14.6 Å². The number of aromatic carboxylic acids is 1. The number of fused-ring (bicyclic) bond motifs is 1. The Morgan fingerprint density at radius 1 is 1.30 bits per heavy atom. The lowest BCUT2D eigenvalue weighted by molar-refractivity contribution is 0.0690. The summed E-state index contributed by atoms with van der Waals surface area (Å²) in [6.45, 7) is 1.72. The molecule has 20 heavy (non-hydrogen) atoms. The molecule has 0 bridgehead atoms. The zero-order valence-corrected chi connectivity index (χ0v) is 10.7. The number of anilines is 1. The Morgan fingerprint density at radius 2 is 2.15 bits per heavy atom. The first-order valence-electron chi connectivity index (χ1n) is 6.26.